The van der Waals surface area contributed by atoms with E-state index in [0.717, 1.165) is 52.1 Å². The highest BCUT2D eigenvalue weighted by molar-refractivity contribution is 5.74. The van der Waals surface area contributed by atoms with Crippen molar-refractivity contribution in [2.45, 2.75) is 32.2 Å². The zero-order valence-corrected chi connectivity index (χ0v) is 11.7. The molecule has 0 unspecified atom stereocenters. The molecule has 2 aliphatic heterocycles. The Morgan fingerprint density at radius 2 is 1.50 bits per heavy atom. The van der Waals surface area contributed by atoms with E-state index in [4.69, 9.17) is 5.73 Å². The zero-order valence-electron chi connectivity index (χ0n) is 11.7. The number of nitrogens with zero attached hydrogens (tertiary/aromatic N) is 3. The largest absolute Gasteiger partial charge is 0.329 e. The van der Waals surface area contributed by atoms with Crippen molar-refractivity contribution < 1.29 is 4.79 Å². The van der Waals surface area contributed by atoms with Gasteiger partial charge in [0.2, 0.25) is 0 Å². The van der Waals surface area contributed by atoms with E-state index in [-0.39, 0.29) is 11.6 Å². The lowest BCUT2D eigenvalue weighted by molar-refractivity contribution is 0.0611. The number of rotatable bonds is 2. The molecule has 0 radical (unpaired) electrons. The smallest absolute Gasteiger partial charge is 0.320 e. The van der Waals surface area contributed by atoms with Crippen molar-refractivity contribution in [2.24, 2.45) is 5.73 Å². The molecule has 2 N–H and O–H groups in total. The SMILES string of the molecule is CC(C)(CN)N1CCN(C(=O)N2CCCC2)CC1. The number of urea groups is 1. The van der Waals surface area contributed by atoms with Gasteiger partial charge in [0.05, 0.1) is 0 Å². The summed E-state index contributed by atoms with van der Waals surface area (Å²) in [6, 6.07) is 0.234. The molecule has 18 heavy (non-hydrogen) atoms. The van der Waals surface area contributed by atoms with Crippen LogP contribution in [0.2, 0.25) is 0 Å². The van der Waals surface area contributed by atoms with Gasteiger partial charge in [-0.3, -0.25) is 4.90 Å². The molecular formula is C13H26N4O. The maximum Gasteiger partial charge on any atom is 0.320 e. The van der Waals surface area contributed by atoms with Gasteiger partial charge in [-0.05, 0) is 26.7 Å². The summed E-state index contributed by atoms with van der Waals surface area (Å²) in [5.41, 5.74) is 5.85. The molecule has 0 aliphatic carbocycles. The average Bonchev–Trinajstić information content (AvgIpc) is 2.92. The van der Waals surface area contributed by atoms with Gasteiger partial charge in [0.15, 0.2) is 0 Å². The Morgan fingerprint density at radius 3 is 2.00 bits per heavy atom. The lowest BCUT2D eigenvalue weighted by atomic mass is 10.0. The summed E-state index contributed by atoms with van der Waals surface area (Å²) in [6.45, 7) is 10.4. The molecule has 0 aromatic carbocycles. The molecule has 2 saturated heterocycles. The van der Waals surface area contributed by atoms with E-state index in [1.54, 1.807) is 0 Å². The molecule has 5 heteroatoms. The van der Waals surface area contributed by atoms with Crippen LogP contribution >= 0.6 is 0 Å². The zero-order chi connectivity index (χ0) is 13.2. The van der Waals surface area contributed by atoms with Gasteiger partial charge in [-0.1, -0.05) is 0 Å². The van der Waals surface area contributed by atoms with Crippen LogP contribution in [0, 0.1) is 0 Å². The molecule has 0 bridgehead atoms. The van der Waals surface area contributed by atoms with Crippen LogP contribution in [0.4, 0.5) is 4.79 Å². The second-order valence-corrected chi connectivity index (χ2v) is 5.97. The maximum atomic E-state index is 12.2. The van der Waals surface area contributed by atoms with Gasteiger partial charge in [-0.25, -0.2) is 4.79 Å². The Balaban J connectivity index is 1.84. The van der Waals surface area contributed by atoms with Crippen LogP contribution in [-0.2, 0) is 0 Å². The van der Waals surface area contributed by atoms with Crippen molar-refractivity contribution in [3.05, 3.63) is 0 Å². The van der Waals surface area contributed by atoms with Gasteiger partial charge in [0.1, 0.15) is 0 Å². The Kier molecular flexibility index (Phi) is 4.12. The topological polar surface area (TPSA) is 52.8 Å². The minimum atomic E-state index is 0.0444. The fourth-order valence-corrected chi connectivity index (χ4v) is 2.74. The molecule has 104 valence electrons. The normalized spacial score (nSPS) is 22.6. The molecule has 0 spiro atoms. The first-order valence-electron chi connectivity index (χ1n) is 7.03. The minimum absolute atomic E-state index is 0.0444. The summed E-state index contributed by atoms with van der Waals surface area (Å²) < 4.78 is 0. The van der Waals surface area contributed by atoms with Gasteiger partial charge in [-0.2, -0.15) is 0 Å². The van der Waals surface area contributed by atoms with Crippen LogP contribution in [0.1, 0.15) is 26.7 Å². The highest BCUT2D eigenvalue weighted by Gasteiger charge is 2.32. The Bertz CT molecular complexity index is 291. The number of hydrogen-bond donors (Lipinski definition) is 1. The quantitative estimate of drug-likeness (QED) is 0.783. The van der Waals surface area contributed by atoms with E-state index in [1.807, 2.05) is 9.80 Å². The van der Waals surface area contributed by atoms with Crippen molar-refractivity contribution in [3.63, 3.8) is 0 Å². The number of amides is 2. The fourth-order valence-electron chi connectivity index (χ4n) is 2.74. The molecule has 0 aromatic rings. The number of piperazine rings is 1. The highest BCUT2D eigenvalue weighted by atomic mass is 16.2. The molecule has 0 atom stereocenters. The van der Waals surface area contributed by atoms with Crippen LogP contribution in [0.15, 0.2) is 0 Å². The second kappa shape index (κ2) is 5.45. The van der Waals surface area contributed by atoms with Crippen LogP contribution in [0.25, 0.3) is 0 Å². The molecule has 2 amide bonds. The van der Waals surface area contributed by atoms with E-state index >= 15 is 0 Å². The minimum Gasteiger partial charge on any atom is -0.329 e. The van der Waals surface area contributed by atoms with Crippen molar-refractivity contribution >= 4 is 6.03 Å². The van der Waals surface area contributed by atoms with E-state index in [1.165, 1.54) is 0 Å². The van der Waals surface area contributed by atoms with Crippen LogP contribution < -0.4 is 5.73 Å². The molecule has 2 heterocycles. The lowest BCUT2D eigenvalue weighted by Gasteiger charge is -2.44. The standard InChI is InChI=1S/C13H26N4O/c1-13(2,11-14)17-9-7-16(8-10-17)12(18)15-5-3-4-6-15/h3-11,14H2,1-2H3. The molecule has 2 fully saturated rings. The molecule has 0 saturated carbocycles. The summed E-state index contributed by atoms with van der Waals surface area (Å²) in [5, 5.41) is 0. The lowest BCUT2D eigenvalue weighted by Crippen LogP contribution is -2.59. The first-order valence-corrected chi connectivity index (χ1v) is 7.03. The number of hydrogen-bond acceptors (Lipinski definition) is 3. The monoisotopic (exact) mass is 254 g/mol. The third-order valence-corrected chi connectivity index (χ3v) is 4.28. The predicted octanol–water partition coefficient (Wildman–Crippen LogP) is 0.557. The summed E-state index contributed by atoms with van der Waals surface area (Å²) in [7, 11) is 0. The van der Waals surface area contributed by atoms with Gasteiger partial charge in [-0.15, -0.1) is 0 Å². The summed E-state index contributed by atoms with van der Waals surface area (Å²) in [5.74, 6) is 0. The number of carbonyl (C=O) groups excluding carboxylic acids is 1. The second-order valence-electron chi connectivity index (χ2n) is 5.97. The van der Waals surface area contributed by atoms with Gasteiger partial charge in [0.25, 0.3) is 0 Å². The molecule has 2 aliphatic rings. The first-order chi connectivity index (χ1) is 8.54. The molecule has 5 nitrogen and oxygen atoms in total. The fraction of sp³-hybridized carbons (Fsp3) is 0.923. The first kappa shape index (κ1) is 13.6. The van der Waals surface area contributed by atoms with Crippen LogP contribution in [-0.4, -0.2) is 72.1 Å². The van der Waals surface area contributed by atoms with E-state index in [0.29, 0.717) is 6.54 Å². The average molecular weight is 254 g/mol. The maximum absolute atomic E-state index is 12.2. The Morgan fingerprint density at radius 1 is 1.00 bits per heavy atom. The number of carbonyl (C=O) groups is 1. The summed E-state index contributed by atoms with van der Waals surface area (Å²) in [4.78, 5) is 18.6. The van der Waals surface area contributed by atoms with Crippen molar-refractivity contribution in [3.8, 4) is 0 Å². The third-order valence-electron chi connectivity index (χ3n) is 4.28. The van der Waals surface area contributed by atoms with Crippen molar-refractivity contribution in [1.82, 2.24) is 14.7 Å². The van der Waals surface area contributed by atoms with Crippen LogP contribution in [0.3, 0.4) is 0 Å². The van der Waals surface area contributed by atoms with Gasteiger partial charge >= 0.3 is 6.03 Å². The van der Waals surface area contributed by atoms with Gasteiger partial charge < -0.3 is 15.5 Å². The Hall–Kier alpha value is -0.810. The van der Waals surface area contributed by atoms with Crippen molar-refractivity contribution in [2.75, 3.05) is 45.8 Å². The molecule has 2 rings (SSSR count). The molecule has 0 aromatic heterocycles. The molecular weight excluding hydrogens is 228 g/mol. The van der Waals surface area contributed by atoms with E-state index < -0.39 is 0 Å². The van der Waals surface area contributed by atoms with E-state index in [9.17, 15) is 4.79 Å². The van der Waals surface area contributed by atoms with E-state index in [2.05, 4.69) is 18.7 Å². The number of nitrogens with two attached hydrogens (primary N) is 1. The summed E-state index contributed by atoms with van der Waals surface area (Å²) in [6.07, 6.45) is 2.32. The van der Waals surface area contributed by atoms with Gasteiger partial charge in [0, 0.05) is 51.4 Å². The summed E-state index contributed by atoms with van der Waals surface area (Å²) >= 11 is 0. The number of likely N-dealkylation sites (tertiary alicyclic amines) is 1. The third kappa shape index (κ3) is 2.78. The Labute approximate surface area is 110 Å². The van der Waals surface area contributed by atoms with Crippen LogP contribution in [0.5, 0.6) is 0 Å². The van der Waals surface area contributed by atoms with Crippen molar-refractivity contribution in [1.29, 1.82) is 0 Å². The predicted molar refractivity (Wildman–Crippen MR) is 72.5 cm³/mol. The highest BCUT2D eigenvalue weighted by Crippen LogP contribution is 2.17.